The fourth-order valence-corrected chi connectivity index (χ4v) is 3.02. The summed E-state index contributed by atoms with van der Waals surface area (Å²) in [4.78, 5) is 24.1. The molecule has 7 heteroatoms. The van der Waals surface area contributed by atoms with Crippen molar-refractivity contribution in [2.45, 2.75) is 33.7 Å². The molecule has 0 spiro atoms. The smallest absolute Gasteiger partial charge is 0.315 e. The molecular weight excluding hydrogens is 369 g/mol. The lowest BCUT2D eigenvalue weighted by Crippen LogP contribution is -2.41. The molecule has 0 aliphatic rings. The van der Waals surface area contributed by atoms with Gasteiger partial charge in [-0.25, -0.2) is 9.18 Å². The van der Waals surface area contributed by atoms with E-state index in [0.29, 0.717) is 5.56 Å². The molecule has 0 fully saturated rings. The van der Waals surface area contributed by atoms with Gasteiger partial charge in [0.1, 0.15) is 5.82 Å². The van der Waals surface area contributed by atoms with E-state index in [0.717, 1.165) is 22.4 Å². The van der Waals surface area contributed by atoms with Crippen LogP contribution in [0.5, 0.6) is 0 Å². The third-order valence-electron chi connectivity index (χ3n) is 4.14. The van der Waals surface area contributed by atoms with Crippen LogP contribution in [0.15, 0.2) is 30.3 Å². The van der Waals surface area contributed by atoms with Crippen molar-refractivity contribution in [2.75, 3.05) is 11.9 Å². The second-order valence-electron chi connectivity index (χ2n) is 6.54. The highest BCUT2D eigenvalue weighted by atomic mass is 35.5. The van der Waals surface area contributed by atoms with Gasteiger partial charge in [0.2, 0.25) is 5.91 Å². The quantitative estimate of drug-likeness (QED) is 0.706. The van der Waals surface area contributed by atoms with Crippen LogP contribution in [0.1, 0.15) is 35.2 Å². The summed E-state index contributed by atoms with van der Waals surface area (Å²) < 4.78 is 13.2. The fraction of sp³-hybridized carbons (Fsp3) is 0.300. The lowest BCUT2D eigenvalue weighted by Gasteiger charge is -2.16. The average Bonchev–Trinajstić information content (AvgIpc) is 2.58. The molecule has 1 unspecified atom stereocenters. The SMILES string of the molecule is Cc1cc(C)c(NC(=O)CNC(=O)NC(C)c2ccc(F)c(Cl)c2)c(C)c1. The normalized spacial score (nSPS) is 11.6. The number of aryl methyl sites for hydroxylation is 3. The minimum atomic E-state index is -0.518. The molecule has 5 nitrogen and oxygen atoms in total. The van der Waals surface area contributed by atoms with Crippen LogP contribution in [-0.2, 0) is 4.79 Å². The van der Waals surface area contributed by atoms with Gasteiger partial charge in [-0.2, -0.15) is 0 Å². The molecule has 0 saturated heterocycles. The van der Waals surface area contributed by atoms with Crippen molar-refractivity contribution in [3.05, 3.63) is 63.4 Å². The Kier molecular flexibility index (Phi) is 6.80. The second kappa shape index (κ2) is 8.86. The van der Waals surface area contributed by atoms with Gasteiger partial charge in [-0.3, -0.25) is 4.79 Å². The first kappa shape index (κ1) is 20.7. The van der Waals surface area contributed by atoms with Crippen LogP contribution in [0.3, 0.4) is 0 Å². The predicted octanol–water partition coefficient (Wildman–Crippen LogP) is 4.40. The summed E-state index contributed by atoms with van der Waals surface area (Å²) in [6, 6.07) is 7.31. The van der Waals surface area contributed by atoms with Gasteiger partial charge in [0.05, 0.1) is 17.6 Å². The van der Waals surface area contributed by atoms with Crippen LogP contribution in [-0.4, -0.2) is 18.5 Å². The number of nitrogens with one attached hydrogen (secondary N) is 3. The number of carbonyl (C=O) groups is 2. The summed E-state index contributed by atoms with van der Waals surface area (Å²) in [6.45, 7) is 7.40. The van der Waals surface area contributed by atoms with Crippen molar-refractivity contribution < 1.29 is 14.0 Å². The predicted molar refractivity (Wildman–Crippen MR) is 106 cm³/mol. The van der Waals surface area contributed by atoms with Crippen molar-refractivity contribution >= 4 is 29.2 Å². The number of hydrogen-bond acceptors (Lipinski definition) is 2. The molecule has 3 amide bonds. The molecule has 0 bridgehead atoms. The van der Waals surface area contributed by atoms with Crippen LogP contribution in [0, 0.1) is 26.6 Å². The van der Waals surface area contributed by atoms with E-state index in [-0.39, 0.29) is 17.5 Å². The van der Waals surface area contributed by atoms with Crippen molar-refractivity contribution in [3.63, 3.8) is 0 Å². The minimum Gasteiger partial charge on any atom is -0.332 e. The van der Waals surface area contributed by atoms with E-state index in [1.165, 1.54) is 12.1 Å². The van der Waals surface area contributed by atoms with E-state index >= 15 is 0 Å². The Hall–Kier alpha value is -2.60. The minimum absolute atomic E-state index is 0.00947. The maximum Gasteiger partial charge on any atom is 0.315 e. The molecule has 1 atom stereocenters. The number of amides is 3. The van der Waals surface area contributed by atoms with E-state index in [4.69, 9.17) is 11.6 Å². The fourth-order valence-electron chi connectivity index (χ4n) is 2.83. The van der Waals surface area contributed by atoms with Gasteiger partial charge in [0, 0.05) is 5.69 Å². The average molecular weight is 392 g/mol. The van der Waals surface area contributed by atoms with Gasteiger partial charge in [-0.15, -0.1) is 0 Å². The highest BCUT2D eigenvalue weighted by molar-refractivity contribution is 6.30. The van der Waals surface area contributed by atoms with Crippen LogP contribution >= 0.6 is 11.6 Å². The Morgan fingerprint density at radius 1 is 1.11 bits per heavy atom. The highest BCUT2D eigenvalue weighted by Gasteiger charge is 2.13. The molecule has 2 aromatic carbocycles. The lowest BCUT2D eigenvalue weighted by atomic mass is 10.1. The Morgan fingerprint density at radius 3 is 2.33 bits per heavy atom. The van der Waals surface area contributed by atoms with Crippen LogP contribution in [0.4, 0.5) is 14.9 Å². The van der Waals surface area contributed by atoms with Crippen molar-refractivity contribution in [2.24, 2.45) is 0 Å². The van der Waals surface area contributed by atoms with E-state index < -0.39 is 17.9 Å². The summed E-state index contributed by atoms with van der Waals surface area (Å²) in [5.74, 6) is -0.840. The van der Waals surface area contributed by atoms with Crippen LogP contribution in [0.25, 0.3) is 0 Å². The van der Waals surface area contributed by atoms with E-state index in [2.05, 4.69) is 16.0 Å². The summed E-state index contributed by atoms with van der Waals surface area (Å²) >= 11 is 5.75. The zero-order chi connectivity index (χ0) is 20.1. The first-order valence-corrected chi connectivity index (χ1v) is 8.92. The van der Waals surface area contributed by atoms with Gasteiger partial charge in [0.25, 0.3) is 0 Å². The first-order chi connectivity index (χ1) is 12.7. The van der Waals surface area contributed by atoms with Crippen molar-refractivity contribution in [1.82, 2.24) is 10.6 Å². The molecule has 2 aromatic rings. The van der Waals surface area contributed by atoms with Gasteiger partial charge in [-0.1, -0.05) is 35.4 Å². The molecular formula is C20H23ClFN3O2. The van der Waals surface area contributed by atoms with Gasteiger partial charge in [0.15, 0.2) is 0 Å². The molecule has 2 rings (SSSR count). The zero-order valence-electron chi connectivity index (χ0n) is 15.7. The van der Waals surface area contributed by atoms with Crippen molar-refractivity contribution in [1.29, 1.82) is 0 Å². The summed E-state index contributed by atoms with van der Waals surface area (Å²) in [5, 5.41) is 8.00. The number of urea groups is 1. The molecule has 0 saturated carbocycles. The summed E-state index contributed by atoms with van der Waals surface area (Å²) in [7, 11) is 0. The van der Waals surface area contributed by atoms with Gasteiger partial charge < -0.3 is 16.0 Å². The third kappa shape index (κ3) is 5.69. The number of halogens is 2. The number of hydrogen-bond donors (Lipinski definition) is 3. The van der Waals surface area contributed by atoms with Crippen LogP contribution < -0.4 is 16.0 Å². The molecule has 27 heavy (non-hydrogen) atoms. The molecule has 0 aromatic heterocycles. The largest absolute Gasteiger partial charge is 0.332 e. The molecule has 0 aliphatic heterocycles. The Balaban J connectivity index is 1.88. The van der Waals surface area contributed by atoms with Crippen molar-refractivity contribution in [3.8, 4) is 0 Å². The lowest BCUT2D eigenvalue weighted by molar-refractivity contribution is -0.115. The number of anilines is 1. The van der Waals surface area contributed by atoms with Gasteiger partial charge in [-0.05, 0) is 56.5 Å². The van der Waals surface area contributed by atoms with E-state index in [1.807, 2.05) is 32.9 Å². The maximum absolute atomic E-state index is 13.2. The topological polar surface area (TPSA) is 70.2 Å². The molecule has 0 aliphatic carbocycles. The monoisotopic (exact) mass is 391 g/mol. The maximum atomic E-state index is 13.2. The standard InChI is InChI=1S/C20H23ClFN3O2/c1-11-7-12(2)19(13(3)8-11)25-18(26)10-23-20(27)24-14(4)15-5-6-17(22)16(21)9-15/h5-9,14H,10H2,1-4H3,(H,25,26)(H2,23,24,27). The highest BCUT2D eigenvalue weighted by Crippen LogP contribution is 2.22. The summed E-state index contributed by atoms with van der Waals surface area (Å²) in [5.41, 5.74) is 4.46. The van der Waals surface area contributed by atoms with Gasteiger partial charge >= 0.3 is 6.03 Å². The molecule has 144 valence electrons. The van der Waals surface area contributed by atoms with Crippen LogP contribution in [0.2, 0.25) is 5.02 Å². The number of carbonyl (C=O) groups excluding carboxylic acids is 2. The number of benzene rings is 2. The Morgan fingerprint density at radius 2 is 1.74 bits per heavy atom. The first-order valence-electron chi connectivity index (χ1n) is 8.54. The zero-order valence-corrected chi connectivity index (χ0v) is 16.5. The van der Waals surface area contributed by atoms with E-state index in [9.17, 15) is 14.0 Å². The molecule has 0 radical (unpaired) electrons. The Labute approximate surface area is 163 Å². The second-order valence-corrected chi connectivity index (χ2v) is 6.95. The molecule has 0 heterocycles. The Bertz CT molecular complexity index is 847. The third-order valence-corrected chi connectivity index (χ3v) is 4.43. The van der Waals surface area contributed by atoms with E-state index in [1.54, 1.807) is 13.0 Å². The molecule has 3 N–H and O–H groups in total. The summed E-state index contributed by atoms with van der Waals surface area (Å²) in [6.07, 6.45) is 0. The number of rotatable bonds is 5.